The number of hydrogen-bond acceptors (Lipinski definition) is 5. The molecule has 2 fully saturated rings. The topological polar surface area (TPSA) is 133 Å². The molecule has 4 atom stereocenters. The van der Waals surface area contributed by atoms with E-state index in [0.29, 0.717) is 31.7 Å². The highest BCUT2D eigenvalue weighted by Crippen LogP contribution is 2.36. The fraction of sp³-hybridized carbons (Fsp3) is 0.824. The van der Waals surface area contributed by atoms with E-state index in [4.69, 9.17) is 5.73 Å². The zero-order chi connectivity index (χ0) is 18.4. The molecule has 1 saturated carbocycles. The molecule has 142 valence electrons. The molecule has 0 aromatic carbocycles. The fourth-order valence-corrected chi connectivity index (χ4v) is 4.14. The maximum absolute atomic E-state index is 12.9. The molecule has 1 heterocycles. The smallest absolute Gasteiger partial charge is 0.323 e. The quantitative estimate of drug-likeness (QED) is 0.440. The summed E-state index contributed by atoms with van der Waals surface area (Å²) in [5.41, 5.74) is 5.45. The number of carboxylic acid groups (broad SMARTS) is 2. The van der Waals surface area contributed by atoms with Gasteiger partial charge in [0.25, 0.3) is 0 Å². The lowest BCUT2D eigenvalue weighted by Crippen LogP contribution is -2.54. The molecule has 1 aliphatic heterocycles. The number of carboxylic acids is 2. The van der Waals surface area contributed by atoms with Gasteiger partial charge in [0.1, 0.15) is 12.6 Å². The van der Waals surface area contributed by atoms with Crippen LogP contribution in [0, 0.1) is 5.92 Å². The van der Waals surface area contributed by atoms with Crippen LogP contribution in [0.2, 0.25) is 0 Å². The van der Waals surface area contributed by atoms with E-state index in [0.717, 1.165) is 32.1 Å². The van der Waals surface area contributed by atoms with Crippen LogP contribution in [-0.2, 0) is 14.4 Å². The molecule has 25 heavy (non-hydrogen) atoms. The third-order valence-corrected chi connectivity index (χ3v) is 5.38. The van der Waals surface area contributed by atoms with Gasteiger partial charge in [-0.3, -0.25) is 19.7 Å². The van der Waals surface area contributed by atoms with Crippen LogP contribution < -0.4 is 11.1 Å². The minimum atomic E-state index is -1.03. The first-order valence-corrected chi connectivity index (χ1v) is 9.15. The molecule has 2 aliphatic rings. The second-order valence-electron chi connectivity index (χ2n) is 7.09. The van der Waals surface area contributed by atoms with Crippen LogP contribution in [0.5, 0.6) is 0 Å². The summed E-state index contributed by atoms with van der Waals surface area (Å²) in [4.78, 5) is 37.1. The Bertz CT molecular complexity index is 499. The van der Waals surface area contributed by atoms with Crippen LogP contribution in [0.1, 0.15) is 51.4 Å². The Morgan fingerprint density at radius 2 is 1.96 bits per heavy atom. The molecular weight excluding hydrogens is 326 g/mol. The Hall–Kier alpha value is -1.67. The number of hydrogen-bond donors (Lipinski definition) is 4. The third kappa shape index (κ3) is 5.15. The number of carbonyl (C=O) groups excluding carboxylic acids is 1. The van der Waals surface area contributed by atoms with E-state index in [1.165, 1.54) is 4.90 Å². The van der Waals surface area contributed by atoms with Crippen molar-refractivity contribution in [2.75, 3.05) is 13.1 Å². The summed E-state index contributed by atoms with van der Waals surface area (Å²) in [7, 11) is 0. The Kier molecular flexibility index (Phi) is 7.19. The summed E-state index contributed by atoms with van der Waals surface area (Å²) in [5, 5.41) is 21.6. The highest BCUT2D eigenvalue weighted by atomic mass is 16.4. The molecule has 1 saturated heterocycles. The molecule has 8 nitrogen and oxygen atoms in total. The number of amides is 1. The van der Waals surface area contributed by atoms with Crippen LogP contribution in [-0.4, -0.2) is 64.2 Å². The first-order valence-electron chi connectivity index (χ1n) is 9.15. The van der Waals surface area contributed by atoms with Crippen molar-refractivity contribution in [1.82, 2.24) is 10.2 Å². The molecule has 1 aliphatic carbocycles. The fourth-order valence-electron chi connectivity index (χ4n) is 4.14. The molecule has 1 amide bonds. The van der Waals surface area contributed by atoms with Gasteiger partial charge in [-0.05, 0) is 51.0 Å². The normalized spacial score (nSPS) is 27.6. The molecule has 1 unspecified atom stereocenters. The zero-order valence-corrected chi connectivity index (χ0v) is 14.5. The Balaban J connectivity index is 2.09. The minimum Gasteiger partial charge on any atom is -0.480 e. The van der Waals surface area contributed by atoms with E-state index in [1.54, 1.807) is 0 Å². The van der Waals surface area contributed by atoms with Gasteiger partial charge in [-0.25, -0.2) is 0 Å². The number of nitrogens with one attached hydrogen (secondary N) is 1. The third-order valence-electron chi connectivity index (χ3n) is 5.38. The predicted molar refractivity (Wildman–Crippen MR) is 91.0 cm³/mol. The number of unbranched alkanes of at least 4 members (excludes halogenated alkanes) is 1. The van der Waals surface area contributed by atoms with Crippen LogP contribution >= 0.6 is 0 Å². The summed E-state index contributed by atoms with van der Waals surface area (Å²) >= 11 is 0. The number of fused-ring (bicyclic) bond motifs is 1. The van der Waals surface area contributed by atoms with E-state index in [2.05, 4.69) is 5.32 Å². The van der Waals surface area contributed by atoms with Gasteiger partial charge < -0.3 is 20.8 Å². The van der Waals surface area contributed by atoms with E-state index in [-0.39, 0.29) is 18.5 Å². The molecule has 0 aromatic heterocycles. The van der Waals surface area contributed by atoms with Crippen molar-refractivity contribution in [2.24, 2.45) is 11.7 Å². The number of nitrogens with zero attached hydrogens (tertiary/aromatic N) is 1. The average Bonchev–Trinajstić information content (AvgIpc) is 2.98. The monoisotopic (exact) mass is 355 g/mol. The summed E-state index contributed by atoms with van der Waals surface area (Å²) < 4.78 is 0. The summed E-state index contributed by atoms with van der Waals surface area (Å²) in [6.07, 6.45) is 6.02. The SMILES string of the molecule is NCCCC[C@H](N[C@H]1CCC2CCC[C@H]2N(CC(=O)O)C1=O)C(=O)O. The highest BCUT2D eigenvalue weighted by molar-refractivity contribution is 5.86. The van der Waals surface area contributed by atoms with Gasteiger partial charge in [0.2, 0.25) is 5.91 Å². The van der Waals surface area contributed by atoms with E-state index >= 15 is 0 Å². The number of likely N-dealkylation sites (tertiary alicyclic amines) is 1. The molecular formula is C17H29N3O5. The summed E-state index contributed by atoms with van der Waals surface area (Å²) in [5.74, 6) is -1.98. The zero-order valence-electron chi connectivity index (χ0n) is 14.5. The first kappa shape index (κ1) is 19.7. The van der Waals surface area contributed by atoms with Gasteiger partial charge >= 0.3 is 11.9 Å². The van der Waals surface area contributed by atoms with Crippen LogP contribution in [0.15, 0.2) is 0 Å². The van der Waals surface area contributed by atoms with Crippen molar-refractivity contribution in [1.29, 1.82) is 0 Å². The van der Waals surface area contributed by atoms with Crippen LogP contribution in [0.4, 0.5) is 0 Å². The van der Waals surface area contributed by atoms with E-state index in [1.807, 2.05) is 0 Å². The highest BCUT2D eigenvalue weighted by Gasteiger charge is 2.42. The molecule has 2 rings (SSSR count). The van der Waals surface area contributed by atoms with Crippen molar-refractivity contribution in [3.05, 3.63) is 0 Å². The second-order valence-corrected chi connectivity index (χ2v) is 7.09. The van der Waals surface area contributed by atoms with E-state index in [9.17, 15) is 24.6 Å². The largest absolute Gasteiger partial charge is 0.480 e. The van der Waals surface area contributed by atoms with Gasteiger partial charge in [0, 0.05) is 6.04 Å². The summed E-state index contributed by atoms with van der Waals surface area (Å²) in [6.45, 7) is 0.188. The Labute approximate surface area is 147 Å². The van der Waals surface area contributed by atoms with Gasteiger partial charge in [-0.15, -0.1) is 0 Å². The van der Waals surface area contributed by atoms with Crippen molar-refractivity contribution in [3.63, 3.8) is 0 Å². The second kappa shape index (κ2) is 9.15. The molecule has 0 radical (unpaired) electrons. The van der Waals surface area contributed by atoms with Crippen molar-refractivity contribution in [2.45, 2.75) is 69.5 Å². The minimum absolute atomic E-state index is 0.0316. The molecule has 8 heteroatoms. The summed E-state index contributed by atoms with van der Waals surface area (Å²) in [6, 6.07) is -1.48. The van der Waals surface area contributed by atoms with Crippen LogP contribution in [0.25, 0.3) is 0 Å². The van der Waals surface area contributed by atoms with Gasteiger partial charge in [-0.1, -0.05) is 12.8 Å². The van der Waals surface area contributed by atoms with Gasteiger partial charge in [0.15, 0.2) is 0 Å². The Morgan fingerprint density at radius 1 is 1.20 bits per heavy atom. The maximum atomic E-state index is 12.9. The standard InChI is InChI=1S/C17H29N3O5/c18-9-2-1-5-13(17(24)25)19-12-8-7-11-4-3-6-14(11)20(16(12)23)10-15(21)22/h11-14,19H,1-10,18H2,(H,21,22)(H,24,25)/t11?,12-,13-,14+/m0/s1. The lowest BCUT2D eigenvalue weighted by Gasteiger charge is -2.31. The lowest BCUT2D eigenvalue weighted by atomic mass is 9.97. The molecule has 0 bridgehead atoms. The molecule has 0 spiro atoms. The number of aliphatic carboxylic acids is 2. The molecule has 0 aromatic rings. The van der Waals surface area contributed by atoms with Crippen molar-refractivity contribution >= 4 is 17.8 Å². The number of carbonyl (C=O) groups is 3. The lowest BCUT2D eigenvalue weighted by molar-refractivity contribution is -0.148. The van der Waals surface area contributed by atoms with Gasteiger partial charge in [-0.2, -0.15) is 0 Å². The Morgan fingerprint density at radius 3 is 2.60 bits per heavy atom. The van der Waals surface area contributed by atoms with Crippen molar-refractivity contribution < 1.29 is 24.6 Å². The van der Waals surface area contributed by atoms with Crippen LogP contribution in [0.3, 0.4) is 0 Å². The molecule has 5 N–H and O–H groups in total. The van der Waals surface area contributed by atoms with E-state index < -0.39 is 24.0 Å². The average molecular weight is 355 g/mol. The number of rotatable bonds is 9. The predicted octanol–water partition coefficient (Wildman–Crippen LogP) is 0.403. The van der Waals surface area contributed by atoms with Crippen molar-refractivity contribution in [3.8, 4) is 0 Å². The van der Waals surface area contributed by atoms with Gasteiger partial charge in [0.05, 0.1) is 6.04 Å². The number of nitrogens with two attached hydrogens (primary N) is 1. The maximum Gasteiger partial charge on any atom is 0.323 e. The first-order chi connectivity index (χ1) is 11.9.